The quantitative estimate of drug-likeness (QED) is 0.764. The van der Waals surface area contributed by atoms with Crippen LogP contribution < -0.4 is 15.8 Å². The molecule has 2 heterocycles. The standard InChI is InChI=1S/C24H33N3O3/c1-6-18-12-20(17(4)22(13-18)27(5)19-7-9-30-10-8-19)23(28)25-14-21-15(2)11-16(3)26-24(21)29/h11-13,19H,6-10,14H2,1-5H3,(H,25,28)(H,26,29). The zero-order valence-electron chi connectivity index (χ0n) is 18.7. The lowest BCUT2D eigenvalue weighted by Gasteiger charge is -2.34. The first-order chi connectivity index (χ1) is 14.3. The third-order valence-corrected chi connectivity index (χ3v) is 6.13. The van der Waals surface area contributed by atoms with E-state index in [1.54, 1.807) is 0 Å². The highest BCUT2D eigenvalue weighted by molar-refractivity contribution is 5.97. The van der Waals surface area contributed by atoms with Gasteiger partial charge in [0.25, 0.3) is 11.5 Å². The van der Waals surface area contributed by atoms with E-state index in [9.17, 15) is 9.59 Å². The van der Waals surface area contributed by atoms with Crippen molar-refractivity contribution in [3.63, 3.8) is 0 Å². The van der Waals surface area contributed by atoms with E-state index in [0.29, 0.717) is 17.2 Å². The molecule has 0 radical (unpaired) electrons. The van der Waals surface area contributed by atoms with Gasteiger partial charge in [-0.1, -0.05) is 6.92 Å². The molecule has 1 fully saturated rings. The SMILES string of the molecule is CCc1cc(C(=O)NCc2c(C)cc(C)[nH]c2=O)c(C)c(N(C)C2CCOCC2)c1. The summed E-state index contributed by atoms with van der Waals surface area (Å²) in [5.41, 5.74) is 6.01. The van der Waals surface area contributed by atoms with Gasteiger partial charge in [-0.05, 0) is 74.9 Å². The Balaban J connectivity index is 1.86. The van der Waals surface area contributed by atoms with E-state index >= 15 is 0 Å². The average Bonchev–Trinajstić information content (AvgIpc) is 2.73. The number of H-pyrrole nitrogens is 1. The normalized spacial score (nSPS) is 14.6. The summed E-state index contributed by atoms with van der Waals surface area (Å²) in [7, 11) is 2.11. The van der Waals surface area contributed by atoms with Crippen LogP contribution in [0.15, 0.2) is 23.0 Å². The molecular formula is C24H33N3O3. The number of hydrogen-bond acceptors (Lipinski definition) is 4. The van der Waals surface area contributed by atoms with Crippen LogP contribution in [-0.2, 0) is 17.7 Å². The number of carbonyl (C=O) groups is 1. The van der Waals surface area contributed by atoms with Crippen molar-refractivity contribution in [2.45, 2.75) is 59.5 Å². The summed E-state index contributed by atoms with van der Waals surface area (Å²) in [6.07, 6.45) is 2.83. The number of amides is 1. The minimum Gasteiger partial charge on any atom is -0.381 e. The Bertz CT molecular complexity index is 974. The monoisotopic (exact) mass is 411 g/mol. The third-order valence-electron chi connectivity index (χ3n) is 6.13. The van der Waals surface area contributed by atoms with Crippen molar-refractivity contribution >= 4 is 11.6 Å². The number of hydrogen-bond donors (Lipinski definition) is 2. The number of benzene rings is 1. The van der Waals surface area contributed by atoms with Gasteiger partial charge in [0.1, 0.15) is 0 Å². The molecule has 3 rings (SSSR count). The summed E-state index contributed by atoms with van der Waals surface area (Å²) in [5.74, 6) is -0.149. The number of anilines is 1. The molecule has 1 aromatic heterocycles. The van der Waals surface area contributed by atoms with Gasteiger partial charge in [0.2, 0.25) is 0 Å². The van der Waals surface area contributed by atoms with Crippen LogP contribution in [-0.4, -0.2) is 37.2 Å². The average molecular weight is 412 g/mol. The maximum absolute atomic E-state index is 13.1. The highest BCUT2D eigenvalue weighted by Crippen LogP contribution is 2.29. The highest BCUT2D eigenvalue weighted by atomic mass is 16.5. The van der Waals surface area contributed by atoms with Crippen molar-refractivity contribution in [3.8, 4) is 0 Å². The van der Waals surface area contributed by atoms with Gasteiger partial charge in [-0.15, -0.1) is 0 Å². The number of aromatic nitrogens is 1. The van der Waals surface area contributed by atoms with Gasteiger partial charge in [-0.2, -0.15) is 0 Å². The van der Waals surface area contributed by atoms with Gasteiger partial charge >= 0.3 is 0 Å². The molecule has 2 N–H and O–H groups in total. The molecule has 0 atom stereocenters. The first-order valence-corrected chi connectivity index (χ1v) is 10.7. The van der Waals surface area contributed by atoms with E-state index in [2.05, 4.69) is 35.2 Å². The lowest BCUT2D eigenvalue weighted by molar-refractivity contribution is 0.0854. The van der Waals surface area contributed by atoms with Gasteiger partial charge in [0, 0.05) is 55.4 Å². The molecule has 0 aliphatic carbocycles. The number of nitrogens with one attached hydrogen (secondary N) is 2. The Hall–Kier alpha value is -2.60. The van der Waals surface area contributed by atoms with Crippen LogP contribution in [0.5, 0.6) is 0 Å². The zero-order valence-corrected chi connectivity index (χ0v) is 18.7. The van der Waals surface area contributed by atoms with Crippen LogP contribution in [0.25, 0.3) is 0 Å². The van der Waals surface area contributed by atoms with Crippen molar-refractivity contribution in [1.29, 1.82) is 0 Å². The Morgan fingerprint density at radius 2 is 1.90 bits per heavy atom. The fourth-order valence-corrected chi connectivity index (χ4v) is 4.20. The Morgan fingerprint density at radius 1 is 1.20 bits per heavy atom. The van der Waals surface area contributed by atoms with Gasteiger partial charge in [-0.25, -0.2) is 0 Å². The van der Waals surface area contributed by atoms with Gasteiger partial charge < -0.3 is 19.9 Å². The molecule has 1 aliphatic heterocycles. The summed E-state index contributed by atoms with van der Waals surface area (Å²) in [4.78, 5) is 30.5. The molecule has 1 saturated heterocycles. The lowest BCUT2D eigenvalue weighted by atomic mass is 9.98. The van der Waals surface area contributed by atoms with E-state index in [4.69, 9.17) is 4.74 Å². The second-order valence-corrected chi connectivity index (χ2v) is 8.22. The van der Waals surface area contributed by atoms with Gasteiger partial charge in [0.05, 0.1) is 0 Å². The number of aromatic amines is 1. The minimum atomic E-state index is -0.149. The molecule has 6 heteroatoms. The predicted octanol–water partition coefficient (Wildman–Crippen LogP) is 3.41. The smallest absolute Gasteiger partial charge is 0.253 e. The Morgan fingerprint density at radius 3 is 2.53 bits per heavy atom. The molecular weight excluding hydrogens is 378 g/mol. The van der Waals surface area contributed by atoms with Crippen molar-refractivity contribution in [1.82, 2.24) is 10.3 Å². The molecule has 0 saturated carbocycles. The molecule has 0 unspecified atom stereocenters. The molecule has 0 spiro atoms. The van der Waals surface area contributed by atoms with Crippen LogP contribution in [0.4, 0.5) is 5.69 Å². The van der Waals surface area contributed by atoms with E-state index < -0.39 is 0 Å². The summed E-state index contributed by atoms with van der Waals surface area (Å²) >= 11 is 0. The van der Waals surface area contributed by atoms with Crippen molar-refractivity contribution in [2.24, 2.45) is 0 Å². The van der Waals surface area contributed by atoms with E-state index in [1.807, 2.05) is 32.9 Å². The first-order valence-electron chi connectivity index (χ1n) is 10.7. The van der Waals surface area contributed by atoms with Crippen LogP contribution in [0.3, 0.4) is 0 Å². The van der Waals surface area contributed by atoms with E-state index in [0.717, 1.165) is 60.5 Å². The number of aryl methyl sites for hydroxylation is 3. The second kappa shape index (κ2) is 9.47. The summed E-state index contributed by atoms with van der Waals surface area (Å²) < 4.78 is 5.50. The highest BCUT2D eigenvalue weighted by Gasteiger charge is 2.23. The van der Waals surface area contributed by atoms with Crippen molar-refractivity contribution in [2.75, 3.05) is 25.2 Å². The fourth-order valence-electron chi connectivity index (χ4n) is 4.20. The number of pyridine rings is 1. The molecule has 6 nitrogen and oxygen atoms in total. The zero-order chi connectivity index (χ0) is 21.8. The summed E-state index contributed by atoms with van der Waals surface area (Å²) in [6, 6.07) is 6.50. The molecule has 162 valence electrons. The molecule has 0 bridgehead atoms. The Labute approximate surface area is 178 Å². The van der Waals surface area contributed by atoms with Crippen molar-refractivity contribution < 1.29 is 9.53 Å². The third kappa shape index (κ3) is 4.75. The number of ether oxygens (including phenoxy) is 1. The van der Waals surface area contributed by atoms with Crippen molar-refractivity contribution in [3.05, 3.63) is 62.1 Å². The topological polar surface area (TPSA) is 74.4 Å². The minimum absolute atomic E-state index is 0.147. The molecule has 2 aromatic rings. The van der Waals surface area contributed by atoms with E-state index in [1.165, 1.54) is 0 Å². The number of carbonyl (C=O) groups excluding carboxylic acids is 1. The number of nitrogens with zero attached hydrogens (tertiary/aromatic N) is 1. The first kappa shape index (κ1) is 22.1. The van der Waals surface area contributed by atoms with Crippen LogP contribution >= 0.6 is 0 Å². The predicted molar refractivity (Wildman–Crippen MR) is 121 cm³/mol. The summed E-state index contributed by atoms with van der Waals surface area (Å²) in [6.45, 7) is 9.61. The van der Waals surface area contributed by atoms with E-state index in [-0.39, 0.29) is 18.0 Å². The molecule has 1 aliphatic rings. The van der Waals surface area contributed by atoms with Crippen LogP contribution in [0, 0.1) is 20.8 Å². The fraction of sp³-hybridized carbons (Fsp3) is 0.500. The second-order valence-electron chi connectivity index (χ2n) is 8.22. The van der Waals surface area contributed by atoms with Gasteiger partial charge in [-0.3, -0.25) is 9.59 Å². The lowest BCUT2D eigenvalue weighted by Crippen LogP contribution is -2.37. The van der Waals surface area contributed by atoms with Crippen LogP contribution in [0.1, 0.15) is 58.1 Å². The molecule has 1 aromatic carbocycles. The summed E-state index contributed by atoms with van der Waals surface area (Å²) in [5, 5.41) is 2.96. The van der Waals surface area contributed by atoms with Gasteiger partial charge in [0.15, 0.2) is 0 Å². The molecule has 1 amide bonds. The maximum Gasteiger partial charge on any atom is 0.253 e. The maximum atomic E-state index is 13.1. The molecule has 30 heavy (non-hydrogen) atoms. The Kier molecular flexibility index (Phi) is 6.98. The number of rotatable bonds is 6. The largest absolute Gasteiger partial charge is 0.381 e. The van der Waals surface area contributed by atoms with Crippen LogP contribution in [0.2, 0.25) is 0 Å².